The molecule has 3 atom stereocenters. The lowest BCUT2D eigenvalue weighted by Crippen LogP contribution is -2.42. The molecule has 3 unspecified atom stereocenters. The van der Waals surface area contributed by atoms with Gasteiger partial charge in [0.25, 0.3) is 0 Å². The van der Waals surface area contributed by atoms with Gasteiger partial charge < -0.3 is 0 Å². The maximum Gasteiger partial charge on any atom is 0.0595 e. The molecule has 18 heavy (non-hydrogen) atoms. The lowest BCUT2D eigenvalue weighted by molar-refractivity contribution is 0.336. The predicted octanol–water partition coefficient (Wildman–Crippen LogP) is 3.41. The van der Waals surface area contributed by atoms with E-state index in [4.69, 9.17) is 29.0 Å². The molecule has 0 spiro atoms. The largest absolute Gasteiger partial charge is 0.271 e. The van der Waals surface area contributed by atoms with Crippen molar-refractivity contribution in [2.45, 2.75) is 31.7 Å². The number of halogens is 2. The van der Waals surface area contributed by atoms with E-state index in [9.17, 15) is 0 Å². The van der Waals surface area contributed by atoms with Crippen molar-refractivity contribution >= 4 is 23.2 Å². The first-order valence-electron chi connectivity index (χ1n) is 6.57. The van der Waals surface area contributed by atoms with Crippen LogP contribution in [0.1, 0.15) is 24.8 Å². The Hall–Kier alpha value is -0.280. The Labute approximate surface area is 118 Å². The maximum atomic E-state index is 6.05. The van der Waals surface area contributed by atoms with Crippen LogP contribution >= 0.6 is 23.2 Å². The molecule has 2 aliphatic carbocycles. The van der Waals surface area contributed by atoms with Crippen LogP contribution in [0.4, 0.5) is 0 Å². The topological polar surface area (TPSA) is 38.0 Å². The molecule has 0 aliphatic heterocycles. The first-order chi connectivity index (χ1) is 8.67. The van der Waals surface area contributed by atoms with E-state index in [0.29, 0.717) is 22.0 Å². The van der Waals surface area contributed by atoms with Gasteiger partial charge in [-0.25, -0.2) is 0 Å². The number of hydrazine groups is 1. The number of fused-ring (bicyclic) bond motifs is 1. The Bertz CT molecular complexity index is 439. The van der Waals surface area contributed by atoms with Crippen LogP contribution in [0.5, 0.6) is 0 Å². The molecule has 0 saturated heterocycles. The fourth-order valence-corrected chi connectivity index (χ4v) is 3.69. The summed E-state index contributed by atoms with van der Waals surface area (Å²) in [4.78, 5) is 0. The summed E-state index contributed by atoms with van der Waals surface area (Å²) in [5, 5.41) is 1.24. The highest BCUT2D eigenvalue weighted by atomic mass is 35.5. The zero-order valence-electron chi connectivity index (χ0n) is 10.2. The molecule has 0 amide bonds. The molecule has 1 aromatic rings. The van der Waals surface area contributed by atoms with Gasteiger partial charge >= 0.3 is 0 Å². The van der Waals surface area contributed by atoms with E-state index >= 15 is 0 Å². The second kappa shape index (κ2) is 5.01. The van der Waals surface area contributed by atoms with Gasteiger partial charge in [0.2, 0.25) is 0 Å². The van der Waals surface area contributed by atoms with Crippen molar-refractivity contribution in [3.8, 4) is 0 Å². The highest BCUT2D eigenvalue weighted by Gasteiger charge is 2.47. The molecule has 2 fully saturated rings. The Balaban J connectivity index is 1.67. The molecule has 1 aromatic carbocycles. The van der Waals surface area contributed by atoms with E-state index in [1.165, 1.54) is 24.8 Å². The van der Waals surface area contributed by atoms with E-state index in [2.05, 4.69) is 5.43 Å². The highest BCUT2D eigenvalue weighted by molar-refractivity contribution is 6.42. The van der Waals surface area contributed by atoms with Crippen LogP contribution in [0, 0.1) is 17.8 Å². The van der Waals surface area contributed by atoms with Crippen LogP contribution in [0.15, 0.2) is 18.2 Å². The minimum atomic E-state index is 0.357. The molecule has 2 nitrogen and oxygen atoms in total. The fourth-order valence-electron chi connectivity index (χ4n) is 3.37. The van der Waals surface area contributed by atoms with Gasteiger partial charge in [-0.15, -0.1) is 0 Å². The van der Waals surface area contributed by atoms with Crippen molar-refractivity contribution in [1.82, 2.24) is 5.43 Å². The molecule has 3 rings (SSSR count). The maximum absolute atomic E-state index is 6.05. The average Bonchev–Trinajstić information content (AvgIpc) is 2.97. The molecular weight excluding hydrogens is 267 g/mol. The number of nitrogens with two attached hydrogens (primary N) is 1. The zero-order valence-corrected chi connectivity index (χ0v) is 11.7. The van der Waals surface area contributed by atoms with E-state index in [-0.39, 0.29) is 0 Å². The first-order valence-corrected chi connectivity index (χ1v) is 7.33. The van der Waals surface area contributed by atoms with Crippen molar-refractivity contribution in [1.29, 1.82) is 0 Å². The summed E-state index contributed by atoms with van der Waals surface area (Å²) in [6.45, 7) is 0. The molecule has 0 heterocycles. The van der Waals surface area contributed by atoms with Gasteiger partial charge in [0.1, 0.15) is 0 Å². The number of benzene rings is 1. The smallest absolute Gasteiger partial charge is 0.0595 e. The third-order valence-electron chi connectivity index (χ3n) is 4.50. The van der Waals surface area contributed by atoms with Gasteiger partial charge in [0.15, 0.2) is 0 Å². The first kappa shape index (κ1) is 12.7. The molecule has 2 aliphatic rings. The predicted molar refractivity (Wildman–Crippen MR) is 75.6 cm³/mol. The monoisotopic (exact) mass is 284 g/mol. The average molecular weight is 285 g/mol. The molecule has 2 saturated carbocycles. The normalized spacial score (nSPS) is 31.2. The SMILES string of the molecule is NNC(Cc1ccc(Cl)c(Cl)c1)C1CC2CC2C1. The summed E-state index contributed by atoms with van der Waals surface area (Å²) in [5.41, 5.74) is 4.19. The second-order valence-electron chi connectivity index (χ2n) is 5.71. The summed E-state index contributed by atoms with van der Waals surface area (Å²) in [6, 6.07) is 6.20. The Morgan fingerprint density at radius 2 is 1.89 bits per heavy atom. The van der Waals surface area contributed by atoms with Gasteiger partial charge in [-0.3, -0.25) is 11.3 Å². The molecule has 0 aromatic heterocycles. The van der Waals surface area contributed by atoms with E-state index in [1.54, 1.807) is 0 Å². The van der Waals surface area contributed by atoms with E-state index in [0.717, 1.165) is 18.3 Å². The third kappa shape index (κ3) is 2.53. The number of hydrogen-bond acceptors (Lipinski definition) is 2. The lowest BCUT2D eigenvalue weighted by atomic mass is 9.90. The summed E-state index contributed by atoms with van der Waals surface area (Å²) in [7, 11) is 0. The van der Waals surface area contributed by atoms with Crippen molar-refractivity contribution < 1.29 is 0 Å². The highest BCUT2D eigenvalue weighted by Crippen LogP contribution is 2.55. The fraction of sp³-hybridized carbons (Fsp3) is 0.571. The molecule has 0 radical (unpaired) electrons. The Morgan fingerprint density at radius 3 is 2.50 bits per heavy atom. The minimum Gasteiger partial charge on any atom is -0.271 e. The molecule has 0 bridgehead atoms. The molecule has 98 valence electrons. The van der Waals surface area contributed by atoms with Gasteiger partial charge in [-0.1, -0.05) is 29.3 Å². The van der Waals surface area contributed by atoms with Gasteiger partial charge in [0, 0.05) is 6.04 Å². The van der Waals surface area contributed by atoms with Crippen LogP contribution < -0.4 is 11.3 Å². The van der Waals surface area contributed by atoms with E-state index in [1.807, 2.05) is 18.2 Å². The lowest BCUT2D eigenvalue weighted by Gasteiger charge is -2.24. The Morgan fingerprint density at radius 1 is 1.17 bits per heavy atom. The molecule has 3 N–H and O–H groups in total. The van der Waals surface area contributed by atoms with Crippen LogP contribution in [-0.2, 0) is 6.42 Å². The number of rotatable bonds is 4. The Kier molecular flexibility index (Phi) is 3.55. The quantitative estimate of drug-likeness (QED) is 0.657. The van der Waals surface area contributed by atoms with E-state index < -0.39 is 0 Å². The summed E-state index contributed by atoms with van der Waals surface area (Å²) < 4.78 is 0. The van der Waals surface area contributed by atoms with Crippen LogP contribution in [0.2, 0.25) is 10.0 Å². The number of nitrogens with one attached hydrogen (secondary N) is 1. The zero-order chi connectivity index (χ0) is 12.7. The van der Waals surface area contributed by atoms with Gasteiger partial charge in [-0.2, -0.15) is 0 Å². The van der Waals surface area contributed by atoms with Gasteiger partial charge in [0.05, 0.1) is 10.0 Å². The molecule has 4 heteroatoms. The van der Waals surface area contributed by atoms with Crippen LogP contribution in [0.25, 0.3) is 0 Å². The van der Waals surface area contributed by atoms with Crippen molar-refractivity contribution in [2.75, 3.05) is 0 Å². The van der Waals surface area contributed by atoms with Crippen LogP contribution in [0.3, 0.4) is 0 Å². The van der Waals surface area contributed by atoms with Crippen LogP contribution in [-0.4, -0.2) is 6.04 Å². The second-order valence-corrected chi connectivity index (χ2v) is 6.53. The summed E-state index contributed by atoms with van der Waals surface area (Å²) in [6.07, 6.45) is 5.04. The summed E-state index contributed by atoms with van der Waals surface area (Å²) in [5.74, 6) is 8.41. The third-order valence-corrected chi connectivity index (χ3v) is 5.24. The standard InChI is InChI=1S/C14H18Cl2N2/c15-12-2-1-8(3-13(12)16)4-14(18-17)11-6-9-5-10(9)7-11/h1-3,9-11,14,18H,4-7,17H2. The molecular formula is C14H18Cl2N2. The van der Waals surface area contributed by atoms with Crippen molar-refractivity contribution in [3.05, 3.63) is 33.8 Å². The van der Waals surface area contributed by atoms with Crippen molar-refractivity contribution in [3.63, 3.8) is 0 Å². The minimum absolute atomic E-state index is 0.357. The summed E-state index contributed by atoms with van der Waals surface area (Å²) >= 11 is 12.0. The van der Waals surface area contributed by atoms with Crippen molar-refractivity contribution in [2.24, 2.45) is 23.6 Å². The van der Waals surface area contributed by atoms with Gasteiger partial charge in [-0.05, 0) is 61.1 Å². The number of hydrogen-bond donors (Lipinski definition) is 2.